The van der Waals surface area contributed by atoms with E-state index in [-0.39, 0.29) is 23.9 Å². The van der Waals surface area contributed by atoms with E-state index in [0.717, 1.165) is 6.07 Å². The molecule has 6 nitrogen and oxygen atoms in total. The monoisotopic (exact) mass is 391 g/mol. The first-order valence-corrected chi connectivity index (χ1v) is 8.52. The van der Waals surface area contributed by atoms with Crippen molar-refractivity contribution in [3.63, 3.8) is 0 Å². The largest absolute Gasteiger partial charge is 0.349 e. The Labute approximate surface area is 161 Å². The van der Waals surface area contributed by atoms with E-state index in [1.165, 1.54) is 26.0 Å². The lowest BCUT2D eigenvalue weighted by Crippen LogP contribution is -2.29. The Kier molecular flexibility index (Phi) is 6.90. The van der Waals surface area contributed by atoms with E-state index < -0.39 is 17.8 Å². The van der Waals surface area contributed by atoms with Crippen LogP contribution in [0.2, 0.25) is 5.02 Å². The molecule has 3 N–H and O–H groups in total. The number of carbonyl (C=O) groups excluding carboxylic acids is 3. The summed E-state index contributed by atoms with van der Waals surface area (Å²) in [5.74, 6) is -1.75. The summed E-state index contributed by atoms with van der Waals surface area (Å²) in [4.78, 5) is 35.0. The molecule has 2 aromatic rings. The molecule has 0 spiro atoms. The van der Waals surface area contributed by atoms with Crippen LogP contribution < -0.4 is 16.0 Å². The Bertz CT molecular complexity index is 856. The van der Waals surface area contributed by atoms with Crippen LogP contribution in [-0.4, -0.2) is 17.7 Å². The molecular formula is C19H19ClFN3O3. The molecule has 27 heavy (non-hydrogen) atoms. The van der Waals surface area contributed by atoms with Crippen LogP contribution in [-0.2, 0) is 14.4 Å². The predicted octanol–water partition coefficient (Wildman–Crippen LogP) is 3.64. The van der Waals surface area contributed by atoms with Crippen molar-refractivity contribution in [1.29, 1.82) is 0 Å². The van der Waals surface area contributed by atoms with Gasteiger partial charge in [0, 0.05) is 24.6 Å². The van der Waals surface area contributed by atoms with Crippen LogP contribution >= 0.6 is 11.6 Å². The van der Waals surface area contributed by atoms with Crippen molar-refractivity contribution >= 4 is 40.7 Å². The maximum Gasteiger partial charge on any atom is 0.226 e. The van der Waals surface area contributed by atoms with Gasteiger partial charge in [-0.2, -0.15) is 0 Å². The van der Waals surface area contributed by atoms with Gasteiger partial charge in [0.05, 0.1) is 18.2 Å². The Hall–Kier alpha value is -2.93. The van der Waals surface area contributed by atoms with Crippen molar-refractivity contribution in [2.24, 2.45) is 0 Å². The van der Waals surface area contributed by atoms with Crippen LogP contribution in [0.15, 0.2) is 42.5 Å². The number of benzene rings is 2. The Morgan fingerprint density at radius 2 is 1.67 bits per heavy atom. The molecule has 0 bridgehead atoms. The maximum absolute atomic E-state index is 14.0. The number of amides is 3. The summed E-state index contributed by atoms with van der Waals surface area (Å²) in [5.41, 5.74) is 0.983. The quantitative estimate of drug-likeness (QED) is 0.702. The molecule has 0 aliphatic carbocycles. The van der Waals surface area contributed by atoms with Gasteiger partial charge in [-0.05, 0) is 35.9 Å². The minimum Gasteiger partial charge on any atom is -0.349 e. The van der Waals surface area contributed by atoms with Crippen LogP contribution in [0.4, 0.5) is 15.8 Å². The molecule has 0 fully saturated rings. The average Bonchev–Trinajstić information content (AvgIpc) is 2.57. The fourth-order valence-corrected chi connectivity index (χ4v) is 2.61. The summed E-state index contributed by atoms with van der Waals surface area (Å²) in [6.07, 6.45) is -0.106. The van der Waals surface area contributed by atoms with Gasteiger partial charge in [-0.25, -0.2) is 4.39 Å². The lowest BCUT2D eigenvalue weighted by atomic mass is 10.0. The third-order valence-electron chi connectivity index (χ3n) is 3.60. The van der Waals surface area contributed by atoms with Crippen molar-refractivity contribution < 1.29 is 18.8 Å². The van der Waals surface area contributed by atoms with Crippen LogP contribution in [0, 0.1) is 5.82 Å². The number of halogens is 2. The summed E-state index contributed by atoms with van der Waals surface area (Å²) in [6, 6.07) is 9.97. The van der Waals surface area contributed by atoms with E-state index in [2.05, 4.69) is 16.0 Å². The second-order valence-electron chi connectivity index (χ2n) is 5.93. The van der Waals surface area contributed by atoms with Crippen molar-refractivity contribution in [1.82, 2.24) is 5.32 Å². The van der Waals surface area contributed by atoms with Gasteiger partial charge in [0.15, 0.2) is 0 Å². The normalized spacial score (nSPS) is 11.4. The molecule has 0 aliphatic heterocycles. The molecule has 2 aromatic carbocycles. The van der Waals surface area contributed by atoms with Crippen LogP contribution in [0.5, 0.6) is 0 Å². The molecule has 0 aliphatic rings. The Morgan fingerprint density at radius 1 is 1.00 bits per heavy atom. The molecule has 0 saturated heterocycles. The minimum absolute atomic E-state index is 0.0658. The van der Waals surface area contributed by atoms with Crippen molar-refractivity contribution in [3.8, 4) is 0 Å². The Morgan fingerprint density at radius 3 is 2.26 bits per heavy atom. The van der Waals surface area contributed by atoms with Gasteiger partial charge in [0.1, 0.15) is 5.82 Å². The van der Waals surface area contributed by atoms with Gasteiger partial charge in [0.25, 0.3) is 0 Å². The average molecular weight is 392 g/mol. The first-order valence-electron chi connectivity index (χ1n) is 8.14. The van der Waals surface area contributed by atoms with E-state index in [4.69, 9.17) is 11.6 Å². The summed E-state index contributed by atoms with van der Waals surface area (Å²) >= 11 is 5.87. The van der Waals surface area contributed by atoms with E-state index in [1.807, 2.05) is 0 Å². The van der Waals surface area contributed by atoms with Crippen molar-refractivity contribution in [2.75, 3.05) is 10.6 Å². The lowest BCUT2D eigenvalue weighted by Gasteiger charge is -2.18. The standard InChI is InChI=1S/C19H19ClFN3O3/c1-11(25)22-15-7-8-16(21)18(9-15)24-19(27)10-17(23-12(2)26)13-3-5-14(20)6-4-13/h3-9,17H,10H2,1-2H3,(H,22,25)(H,23,26)(H,24,27). The number of hydrogen-bond acceptors (Lipinski definition) is 3. The highest BCUT2D eigenvalue weighted by atomic mass is 35.5. The van der Waals surface area contributed by atoms with Gasteiger partial charge in [0.2, 0.25) is 17.7 Å². The topological polar surface area (TPSA) is 87.3 Å². The molecule has 142 valence electrons. The second kappa shape index (κ2) is 9.14. The third-order valence-corrected chi connectivity index (χ3v) is 3.85. The van der Waals surface area contributed by atoms with Gasteiger partial charge >= 0.3 is 0 Å². The summed E-state index contributed by atoms with van der Waals surface area (Å²) in [7, 11) is 0. The second-order valence-corrected chi connectivity index (χ2v) is 6.37. The first kappa shape index (κ1) is 20.4. The number of anilines is 2. The molecule has 0 radical (unpaired) electrons. The van der Waals surface area contributed by atoms with Gasteiger partial charge < -0.3 is 16.0 Å². The number of nitrogens with one attached hydrogen (secondary N) is 3. The maximum atomic E-state index is 14.0. The number of rotatable bonds is 6. The molecule has 0 saturated carbocycles. The van der Waals surface area contributed by atoms with Crippen LogP contribution in [0.25, 0.3) is 0 Å². The highest BCUT2D eigenvalue weighted by Crippen LogP contribution is 2.23. The SMILES string of the molecule is CC(=O)Nc1ccc(F)c(NC(=O)CC(NC(C)=O)c2ccc(Cl)cc2)c1. The fourth-order valence-electron chi connectivity index (χ4n) is 2.48. The molecule has 0 aromatic heterocycles. The molecule has 2 rings (SSSR count). The van der Waals surface area contributed by atoms with E-state index in [0.29, 0.717) is 16.3 Å². The molecular weight excluding hydrogens is 373 g/mol. The van der Waals surface area contributed by atoms with E-state index in [1.54, 1.807) is 24.3 Å². The summed E-state index contributed by atoms with van der Waals surface area (Å²) in [5, 5.41) is 8.20. The number of hydrogen-bond donors (Lipinski definition) is 3. The van der Waals surface area contributed by atoms with Crippen LogP contribution in [0.3, 0.4) is 0 Å². The highest BCUT2D eigenvalue weighted by molar-refractivity contribution is 6.30. The predicted molar refractivity (Wildman–Crippen MR) is 102 cm³/mol. The summed E-state index contributed by atoms with van der Waals surface area (Å²) in [6.45, 7) is 2.67. The van der Waals surface area contributed by atoms with Gasteiger partial charge in [-0.3, -0.25) is 14.4 Å². The van der Waals surface area contributed by atoms with E-state index in [9.17, 15) is 18.8 Å². The first-order chi connectivity index (χ1) is 12.7. The third kappa shape index (κ3) is 6.38. The Balaban J connectivity index is 2.14. The zero-order valence-electron chi connectivity index (χ0n) is 14.8. The fraction of sp³-hybridized carbons (Fsp3) is 0.211. The highest BCUT2D eigenvalue weighted by Gasteiger charge is 2.18. The summed E-state index contributed by atoms with van der Waals surface area (Å²) < 4.78 is 14.0. The molecule has 0 heterocycles. The zero-order valence-corrected chi connectivity index (χ0v) is 15.6. The molecule has 8 heteroatoms. The lowest BCUT2D eigenvalue weighted by molar-refractivity contribution is -0.120. The van der Waals surface area contributed by atoms with Crippen LogP contribution in [0.1, 0.15) is 31.9 Å². The van der Waals surface area contributed by atoms with Crippen molar-refractivity contribution in [2.45, 2.75) is 26.3 Å². The smallest absolute Gasteiger partial charge is 0.226 e. The molecule has 1 atom stereocenters. The van der Waals surface area contributed by atoms with E-state index >= 15 is 0 Å². The zero-order chi connectivity index (χ0) is 20.0. The van der Waals surface area contributed by atoms with Gasteiger partial charge in [-0.15, -0.1) is 0 Å². The van der Waals surface area contributed by atoms with Gasteiger partial charge in [-0.1, -0.05) is 23.7 Å². The van der Waals surface area contributed by atoms with Crippen molar-refractivity contribution in [3.05, 3.63) is 58.9 Å². The molecule has 1 unspecified atom stereocenters. The molecule has 3 amide bonds. The number of carbonyl (C=O) groups is 3. The minimum atomic E-state index is -0.639.